The number of halogens is 2. The van der Waals surface area contributed by atoms with Crippen LogP contribution in [0.25, 0.3) is 0 Å². The molecular weight excluding hydrogens is 350 g/mol. The van der Waals surface area contributed by atoms with Crippen molar-refractivity contribution in [3.05, 3.63) is 58.2 Å². The van der Waals surface area contributed by atoms with Crippen LogP contribution in [0.4, 0.5) is 8.78 Å². The average molecular weight is 374 g/mol. The van der Waals surface area contributed by atoms with Crippen LogP contribution in [0.15, 0.2) is 24.3 Å². The van der Waals surface area contributed by atoms with Crippen LogP contribution in [-0.4, -0.2) is 5.97 Å². The van der Waals surface area contributed by atoms with Crippen LogP contribution >= 0.6 is 0 Å². The Labute approximate surface area is 158 Å². The zero-order valence-corrected chi connectivity index (χ0v) is 15.9. The third kappa shape index (κ3) is 4.46. The summed E-state index contributed by atoms with van der Waals surface area (Å²) in [4.78, 5) is 11.8. The molecule has 0 aromatic heterocycles. The van der Waals surface area contributed by atoms with E-state index in [0.717, 1.165) is 35.6 Å². The highest BCUT2D eigenvalue weighted by Crippen LogP contribution is 2.44. The number of aryl methyl sites for hydroxylation is 2. The number of hydrogen-bond donors (Lipinski definition) is 0. The first-order valence-electron chi connectivity index (χ1n) is 9.37. The topological polar surface area (TPSA) is 35.5 Å². The average Bonchev–Trinajstić information content (AvgIpc) is 3.47. The molecule has 5 heteroatoms. The molecule has 3 rings (SSSR count). The summed E-state index contributed by atoms with van der Waals surface area (Å²) in [7, 11) is 0. The lowest BCUT2D eigenvalue weighted by molar-refractivity contribution is -0.134. The van der Waals surface area contributed by atoms with Crippen molar-refractivity contribution in [1.82, 2.24) is 0 Å². The zero-order valence-electron chi connectivity index (χ0n) is 15.9. The van der Waals surface area contributed by atoms with Crippen LogP contribution in [0.1, 0.15) is 61.3 Å². The van der Waals surface area contributed by atoms with E-state index < -0.39 is 11.6 Å². The molecule has 0 amide bonds. The molecule has 2 aromatic carbocycles. The lowest BCUT2D eigenvalue weighted by atomic mass is 9.99. The van der Waals surface area contributed by atoms with Gasteiger partial charge in [0.25, 0.3) is 0 Å². The van der Waals surface area contributed by atoms with Crippen molar-refractivity contribution in [1.29, 1.82) is 0 Å². The summed E-state index contributed by atoms with van der Waals surface area (Å²) < 4.78 is 38.6. The molecule has 0 atom stereocenters. The van der Waals surface area contributed by atoms with Gasteiger partial charge in [-0.15, -0.1) is 0 Å². The lowest BCUT2D eigenvalue weighted by Crippen LogP contribution is -2.11. The van der Waals surface area contributed by atoms with Gasteiger partial charge in [0.05, 0.1) is 0 Å². The van der Waals surface area contributed by atoms with Gasteiger partial charge in [-0.1, -0.05) is 19.9 Å². The maximum absolute atomic E-state index is 13.7. The molecule has 1 saturated carbocycles. The van der Waals surface area contributed by atoms with Gasteiger partial charge in [-0.3, -0.25) is 4.79 Å². The quantitative estimate of drug-likeness (QED) is 0.467. The zero-order chi connectivity index (χ0) is 19.6. The highest BCUT2D eigenvalue weighted by Gasteiger charge is 2.29. The van der Waals surface area contributed by atoms with Crippen molar-refractivity contribution in [2.24, 2.45) is 0 Å². The van der Waals surface area contributed by atoms with E-state index in [9.17, 15) is 13.6 Å². The number of carbonyl (C=O) groups excluding carboxylic acids is 1. The van der Waals surface area contributed by atoms with Gasteiger partial charge >= 0.3 is 5.97 Å². The summed E-state index contributed by atoms with van der Waals surface area (Å²) >= 11 is 0. The van der Waals surface area contributed by atoms with Gasteiger partial charge in [0, 0.05) is 18.1 Å². The van der Waals surface area contributed by atoms with Gasteiger partial charge in [-0.05, 0) is 60.9 Å². The van der Waals surface area contributed by atoms with Gasteiger partial charge in [0.1, 0.15) is 18.1 Å². The normalized spacial score (nSPS) is 13.5. The number of esters is 1. The maximum Gasteiger partial charge on any atom is 0.310 e. The smallest absolute Gasteiger partial charge is 0.310 e. The van der Waals surface area contributed by atoms with E-state index in [4.69, 9.17) is 9.47 Å². The second-order valence-corrected chi connectivity index (χ2v) is 6.95. The fraction of sp³-hybridized carbons (Fsp3) is 0.409. The minimum absolute atomic E-state index is 0.135. The molecule has 0 unspecified atom stereocenters. The summed E-state index contributed by atoms with van der Waals surface area (Å²) in [6.07, 6.45) is 2.97. The molecule has 0 N–H and O–H groups in total. The van der Waals surface area contributed by atoms with Crippen LogP contribution in [0, 0.1) is 18.6 Å². The van der Waals surface area contributed by atoms with Gasteiger partial charge in [-0.25, -0.2) is 8.78 Å². The Morgan fingerprint density at radius 3 is 2.41 bits per heavy atom. The summed E-state index contributed by atoms with van der Waals surface area (Å²) in [5.74, 6) is -0.906. The van der Waals surface area contributed by atoms with E-state index in [1.807, 2.05) is 19.9 Å². The van der Waals surface area contributed by atoms with Crippen molar-refractivity contribution in [3.63, 3.8) is 0 Å². The van der Waals surface area contributed by atoms with Crippen LogP contribution in [0.5, 0.6) is 11.5 Å². The second-order valence-electron chi connectivity index (χ2n) is 6.95. The Morgan fingerprint density at radius 2 is 1.78 bits per heavy atom. The standard InChI is InChI=1S/C22H24F2O3/c1-4-14-10-18(23)19(24)11-20(14)26-12-17-16(15-6-7-15)8-13(3)9-21(17)27-22(25)5-2/h8-11,15H,4-7,12H2,1-3H3. The third-order valence-corrected chi connectivity index (χ3v) is 4.77. The molecule has 0 bridgehead atoms. The van der Waals surface area contributed by atoms with Gasteiger partial charge in [-0.2, -0.15) is 0 Å². The molecule has 1 aliphatic carbocycles. The van der Waals surface area contributed by atoms with Crippen LogP contribution in [0.2, 0.25) is 0 Å². The van der Waals surface area contributed by atoms with Crippen LogP contribution in [0.3, 0.4) is 0 Å². The van der Waals surface area contributed by atoms with Gasteiger partial charge in [0.2, 0.25) is 0 Å². The number of benzene rings is 2. The molecule has 1 aliphatic rings. The second kappa shape index (κ2) is 8.07. The summed E-state index contributed by atoms with van der Waals surface area (Å²) in [6, 6.07) is 6.16. The van der Waals surface area contributed by atoms with Crippen molar-refractivity contribution >= 4 is 5.97 Å². The predicted octanol–water partition coefficient (Wildman–Crippen LogP) is 5.61. The first kappa shape index (κ1) is 19.3. The van der Waals surface area contributed by atoms with Gasteiger partial charge < -0.3 is 9.47 Å². The fourth-order valence-corrected chi connectivity index (χ4v) is 3.14. The Morgan fingerprint density at radius 1 is 1.07 bits per heavy atom. The molecule has 0 spiro atoms. The summed E-state index contributed by atoms with van der Waals surface area (Å²) in [5, 5.41) is 0. The largest absolute Gasteiger partial charge is 0.488 e. The lowest BCUT2D eigenvalue weighted by Gasteiger charge is -2.18. The van der Waals surface area contributed by atoms with E-state index in [1.165, 1.54) is 6.07 Å². The Balaban J connectivity index is 1.94. The first-order chi connectivity index (χ1) is 12.9. The number of rotatable bonds is 7. The van der Waals surface area contributed by atoms with Crippen LogP contribution in [-0.2, 0) is 17.8 Å². The minimum atomic E-state index is -0.939. The number of hydrogen-bond acceptors (Lipinski definition) is 3. The number of ether oxygens (including phenoxy) is 2. The fourth-order valence-electron chi connectivity index (χ4n) is 3.14. The summed E-state index contributed by atoms with van der Waals surface area (Å²) in [5.41, 5.74) is 3.52. The Hall–Kier alpha value is -2.43. The van der Waals surface area contributed by atoms with E-state index in [2.05, 4.69) is 6.07 Å². The molecule has 0 heterocycles. The van der Waals surface area contributed by atoms with Crippen molar-refractivity contribution in [2.45, 2.75) is 59.0 Å². The molecule has 1 fully saturated rings. The minimum Gasteiger partial charge on any atom is -0.488 e. The SMILES string of the molecule is CCC(=O)Oc1cc(C)cc(C2CC2)c1COc1cc(F)c(F)cc1CC. The van der Waals surface area contributed by atoms with E-state index in [0.29, 0.717) is 29.4 Å². The van der Waals surface area contributed by atoms with E-state index in [-0.39, 0.29) is 19.0 Å². The molecule has 144 valence electrons. The highest BCUT2D eigenvalue weighted by atomic mass is 19.2. The molecular formula is C22H24F2O3. The van der Waals surface area contributed by atoms with Gasteiger partial charge in [0.15, 0.2) is 11.6 Å². The van der Waals surface area contributed by atoms with Crippen molar-refractivity contribution in [3.8, 4) is 11.5 Å². The Bertz CT molecular complexity index is 857. The predicted molar refractivity (Wildman–Crippen MR) is 99.1 cm³/mol. The molecule has 0 radical (unpaired) electrons. The van der Waals surface area contributed by atoms with Crippen LogP contribution < -0.4 is 9.47 Å². The van der Waals surface area contributed by atoms with E-state index in [1.54, 1.807) is 6.92 Å². The third-order valence-electron chi connectivity index (χ3n) is 4.77. The maximum atomic E-state index is 13.7. The molecule has 0 aliphatic heterocycles. The number of carbonyl (C=O) groups is 1. The summed E-state index contributed by atoms with van der Waals surface area (Å²) in [6.45, 7) is 5.70. The molecule has 27 heavy (non-hydrogen) atoms. The van der Waals surface area contributed by atoms with Crippen molar-refractivity contribution in [2.75, 3.05) is 0 Å². The monoisotopic (exact) mass is 374 g/mol. The van der Waals surface area contributed by atoms with E-state index >= 15 is 0 Å². The first-order valence-corrected chi connectivity index (χ1v) is 9.37. The van der Waals surface area contributed by atoms with Crippen molar-refractivity contribution < 1.29 is 23.0 Å². The molecule has 2 aromatic rings. The molecule has 3 nitrogen and oxygen atoms in total. The highest BCUT2D eigenvalue weighted by molar-refractivity contribution is 5.72. The Kier molecular flexibility index (Phi) is 5.78. The molecule has 0 saturated heterocycles.